The highest BCUT2D eigenvalue weighted by Crippen LogP contribution is 2.45. The smallest absolute Gasteiger partial charge is 0.137 e. The molecular formula is C42H26N2OS. The van der Waals surface area contributed by atoms with E-state index in [1.165, 1.54) is 42.0 Å². The van der Waals surface area contributed by atoms with Gasteiger partial charge in [-0.3, -0.25) is 0 Å². The van der Waals surface area contributed by atoms with E-state index >= 15 is 0 Å². The van der Waals surface area contributed by atoms with Gasteiger partial charge in [-0.15, -0.1) is 11.3 Å². The van der Waals surface area contributed by atoms with Gasteiger partial charge in [0.15, 0.2) is 0 Å². The largest absolute Gasteiger partial charge is 0.456 e. The highest BCUT2D eigenvalue weighted by molar-refractivity contribution is 7.26. The van der Waals surface area contributed by atoms with Crippen LogP contribution in [0.3, 0.4) is 0 Å². The van der Waals surface area contributed by atoms with E-state index in [9.17, 15) is 0 Å². The fourth-order valence-electron chi connectivity index (χ4n) is 7.20. The Morgan fingerprint density at radius 1 is 0.500 bits per heavy atom. The molecule has 3 nitrogen and oxygen atoms in total. The molecular weight excluding hydrogens is 581 g/mol. The molecule has 10 aromatic rings. The number of rotatable bonds is 4. The summed E-state index contributed by atoms with van der Waals surface area (Å²) in [6.45, 7) is 0. The topological polar surface area (TPSA) is 21.3 Å². The monoisotopic (exact) mass is 606 g/mol. The van der Waals surface area contributed by atoms with Gasteiger partial charge >= 0.3 is 0 Å². The van der Waals surface area contributed by atoms with Crippen molar-refractivity contribution >= 4 is 92.3 Å². The Bertz CT molecular complexity index is 2710. The molecule has 216 valence electrons. The SMILES string of the molecule is c1ccc(N(c2ccccc2)c2cccc3oc4ccc(-n5c6ccccc6c6ccc7c8ccccc8sc7c65)cc4c23)cc1. The molecule has 0 aliphatic rings. The predicted octanol–water partition coefficient (Wildman–Crippen LogP) is 12.5. The summed E-state index contributed by atoms with van der Waals surface area (Å²) in [5.41, 5.74) is 8.60. The lowest BCUT2D eigenvalue weighted by Crippen LogP contribution is -2.09. The molecule has 0 aliphatic carbocycles. The van der Waals surface area contributed by atoms with E-state index in [-0.39, 0.29) is 0 Å². The number of fused-ring (bicyclic) bond motifs is 10. The third kappa shape index (κ3) is 3.65. The van der Waals surface area contributed by atoms with E-state index in [1.807, 2.05) is 11.3 Å². The molecule has 0 spiro atoms. The molecule has 0 bridgehead atoms. The maximum atomic E-state index is 6.54. The van der Waals surface area contributed by atoms with Crippen LogP contribution in [0.4, 0.5) is 17.1 Å². The van der Waals surface area contributed by atoms with Crippen LogP contribution in [0.1, 0.15) is 0 Å². The molecule has 0 aliphatic heterocycles. The third-order valence-corrected chi connectivity index (χ3v) is 10.4. The van der Waals surface area contributed by atoms with Gasteiger partial charge in [-0.2, -0.15) is 0 Å². The highest BCUT2D eigenvalue weighted by atomic mass is 32.1. The lowest BCUT2D eigenvalue weighted by molar-refractivity contribution is 0.669. The number of nitrogens with zero attached hydrogens (tertiary/aromatic N) is 2. The molecule has 0 saturated heterocycles. The van der Waals surface area contributed by atoms with Crippen molar-refractivity contribution in [3.63, 3.8) is 0 Å². The van der Waals surface area contributed by atoms with E-state index in [0.29, 0.717) is 0 Å². The molecule has 0 N–H and O–H groups in total. The van der Waals surface area contributed by atoms with Crippen molar-refractivity contribution in [2.75, 3.05) is 4.90 Å². The minimum absolute atomic E-state index is 0.871. The van der Waals surface area contributed by atoms with Gasteiger partial charge in [0.05, 0.1) is 26.8 Å². The third-order valence-electron chi connectivity index (χ3n) is 9.16. The van der Waals surface area contributed by atoms with E-state index in [1.54, 1.807) is 0 Å². The lowest BCUT2D eigenvalue weighted by Gasteiger charge is -2.26. The Kier molecular flexibility index (Phi) is 5.45. The summed E-state index contributed by atoms with van der Waals surface area (Å²) in [5, 5.41) is 7.33. The van der Waals surface area contributed by atoms with Crippen LogP contribution >= 0.6 is 11.3 Å². The molecule has 3 heterocycles. The van der Waals surface area contributed by atoms with Crippen molar-refractivity contribution in [2.45, 2.75) is 0 Å². The number of anilines is 3. The zero-order valence-electron chi connectivity index (χ0n) is 24.7. The van der Waals surface area contributed by atoms with Crippen LogP contribution in [-0.2, 0) is 0 Å². The first-order valence-corrected chi connectivity index (χ1v) is 16.3. The van der Waals surface area contributed by atoms with Crippen LogP contribution in [0.2, 0.25) is 0 Å². The average Bonchev–Trinajstić information content (AvgIpc) is 3.79. The Morgan fingerprint density at radius 2 is 1.20 bits per heavy atom. The molecule has 7 aromatic carbocycles. The van der Waals surface area contributed by atoms with Gasteiger partial charge in [0.1, 0.15) is 11.2 Å². The standard InChI is InChI=1S/C42H26N2OS/c1-3-12-27(13-4-1)43(28-14-5-2-6-15-28)36-19-11-20-38-40(36)34-26-29(22-25-37(34)45-38)44-35-18-9-7-16-30(35)32-23-24-33-31-17-8-10-21-39(31)46-42(33)41(32)44/h1-26H. The maximum absolute atomic E-state index is 6.54. The summed E-state index contributed by atoms with van der Waals surface area (Å²) in [6, 6.07) is 56.3. The van der Waals surface area contributed by atoms with Gasteiger partial charge in [-0.1, -0.05) is 91.0 Å². The molecule has 0 radical (unpaired) electrons. The van der Waals surface area contributed by atoms with Crippen LogP contribution < -0.4 is 4.90 Å². The number of para-hydroxylation sites is 3. The fraction of sp³-hybridized carbons (Fsp3) is 0. The molecule has 0 fully saturated rings. The van der Waals surface area contributed by atoms with Crippen molar-refractivity contribution in [3.8, 4) is 5.69 Å². The van der Waals surface area contributed by atoms with Crippen LogP contribution in [0, 0.1) is 0 Å². The summed E-state index contributed by atoms with van der Waals surface area (Å²) >= 11 is 1.88. The average molecular weight is 607 g/mol. The first-order valence-electron chi connectivity index (χ1n) is 15.5. The molecule has 3 aromatic heterocycles. The normalized spacial score (nSPS) is 11.9. The second-order valence-electron chi connectivity index (χ2n) is 11.7. The van der Waals surface area contributed by atoms with Gasteiger partial charge in [-0.25, -0.2) is 0 Å². The first-order chi connectivity index (χ1) is 22.8. The van der Waals surface area contributed by atoms with Gasteiger partial charge < -0.3 is 13.9 Å². The predicted molar refractivity (Wildman–Crippen MR) is 196 cm³/mol. The zero-order valence-corrected chi connectivity index (χ0v) is 25.5. The van der Waals surface area contributed by atoms with Crippen molar-refractivity contribution in [2.24, 2.45) is 0 Å². The van der Waals surface area contributed by atoms with Gasteiger partial charge in [0.2, 0.25) is 0 Å². The van der Waals surface area contributed by atoms with Crippen LogP contribution in [-0.4, -0.2) is 4.57 Å². The summed E-state index contributed by atoms with van der Waals surface area (Å²) < 4.78 is 11.6. The van der Waals surface area contributed by atoms with Crippen molar-refractivity contribution < 1.29 is 4.42 Å². The molecule has 4 heteroatoms. The zero-order chi connectivity index (χ0) is 30.2. The van der Waals surface area contributed by atoms with Crippen molar-refractivity contribution in [1.82, 2.24) is 4.57 Å². The number of benzene rings is 7. The van der Waals surface area contributed by atoms with Crippen LogP contribution in [0.5, 0.6) is 0 Å². The van der Waals surface area contributed by atoms with Gasteiger partial charge in [-0.05, 0) is 66.7 Å². The van der Waals surface area contributed by atoms with E-state index in [2.05, 4.69) is 167 Å². The Hall–Kier alpha value is -5.84. The molecule has 10 rings (SSSR count). The van der Waals surface area contributed by atoms with Crippen molar-refractivity contribution in [1.29, 1.82) is 0 Å². The maximum Gasteiger partial charge on any atom is 0.137 e. The first kappa shape index (κ1) is 25.5. The quantitative estimate of drug-likeness (QED) is 0.199. The summed E-state index contributed by atoms with van der Waals surface area (Å²) in [5.74, 6) is 0. The minimum atomic E-state index is 0.871. The van der Waals surface area contributed by atoms with E-state index in [4.69, 9.17) is 4.42 Å². The highest BCUT2D eigenvalue weighted by Gasteiger charge is 2.21. The number of hydrogen-bond acceptors (Lipinski definition) is 3. The second-order valence-corrected chi connectivity index (χ2v) is 12.8. The summed E-state index contributed by atoms with van der Waals surface area (Å²) in [6.07, 6.45) is 0. The van der Waals surface area contributed by atoms with Crippen LogP contribution in [0.15, 0.2) is 162 Å². The summed E-state index contributed by atoms with van der Waals surface area (Å²) in [4.78, 5) is 2.32. The second kappa shape index (κ2) is 9.83. The van der Waals surface area contributed by atoms with Gasteiger partial charge in [0, 0.05) is 48.7 Å². The molecule has 0 atom stereocenters. The molecule has 0 amide bonds. The van der Waals surface area contributed by atoms with E-state index < -0.39 is 0 Å². The number of aromatic nitrogens is 1. The number of thiophene rings is 1. The fourth-order valence-corrected chi connectivity index (χ4v) is 8.44. The summed E-state index contributed by atoms with van der Waals surface area (Å²) in [7, 11) is 0. The van der Waals surface area contributed by atoms with Gasteiger partial charge in [0.25, 0.3) is 0 Å². The molecule has 0 saturated carbocycles. The lowest BCUT2D eigenvalue weighted by atomic mass is 10.1. The van der Waals surface area contributed by atoms with E-state index in [0.717, 1.165) is 44.7 Å². The number of hydrogen-bond donors (Lipinski definition) is 0. The van der Waals surface area contributed by atoms with Crippen molar-refractivity contribution in [3.05, 3.63) is 158 Å². The Balaban J connectivity index is 1.29. The minimum Gasteiger partial charge on any atom is -0.456 e. The Labute approximate surface area is 268 Å². The molecule has 46 heavy (non-hydrogen) atoms. The van der Waals surface area contributed by atoms with Crippen LogP contribution in [0.25, 0.3) is 69.6 Å². The Morgan fingerprint density at radius 3 is 2.00 bits per heavy atom. The molecule has 0 unspecified atom stereocenters. The number of furan rings is 1.